The van der Waals surface area contributed by atoms with Gasteiger partial charge in [-0.05, 0) is 56.5 Å². The molecule has 1 aromatic rings. The van der Waals surface area contributed by atoms with E-state index in [4.69, 9.17) is 5.11 Å². The third-order valence-corrected chi connectivity index (χ3v) is 5.77. The van der Waals surface area contributed by atoms with Crippen molar-refractivity contribution in [1.29, 1.82) is 0 Å². The van der Waals surface area contributed by atoms with Gasteiger partial charge in [0.05, 0.1) is 12.1 Å². The van der Waals surface area contributed by atoms with Gasteiger partial charge in [-0.3, -0.25) is 9.69 Å². The highest BCUT2D eigenvalue weighted by Gasteiger charge is 2.31. The highest BCUT2D eigenvalue weighted by molar-refractivity contribution is 5.78. The largest absolute Gasteiger partial charge is 0.416 e. The highest BCUT2D eigenvalue weighted by Crippen LogP contribution is 2.32. The Labute approximate surface area is 163 Å². The van der Waals surface area contributed by atoms with Gasteiger partial charge in [0.25, 0.3) is 0 Å². The van der Waals surface area contributed by atoms with E-state index in [-0.39, 0.29) is 12.5 Å². The van der Waals surface area contributed by atoms with Crippen molar-refractivity contribution in [3.05, 3.63) is 29.8 Å². The first-order valence-corrected chi connectivity index (χ1v) is 9.90. The number of carbonyl (C=O) groups is 1. The topological polar surface area (TPSA) is 47.0 Å². The van der Waals surface area contributed by atoms with Crippen LogP contribution >= 0.6 is 0 Å². The SMILES string of the molecule is O=C(CN1CCC(CCO)CC1)N1CCN(c2cccc(C(F)(F)F)c2)CC1. The number of benzene rings is 1. The molecule has 156 valence electrons. The maximum Gasteiger partial charge on any atom is 0.416 e. The van der Waals surface area contributed by atoms with Crippen molar-refractivity contribution in [2.75, 3.05) is 57.3 Å². The molecule has 0 aromatic heterocycles. The fourth-order valence-corrected chi connectivity index (χ4v) is 4.00. The molecule has 0 bridgehead atoms. The minimum atomic E-state index is -4.35. The molecule has 0 radical (unpaired) electrons. The molecule has 28 heavy (non-hydrogen) atoms. The zero-order chi connectivity index (χ0) is 20.1. The Morgan fingerprint density at radius 3 is 2.36 bits per heavy atom. The van der Waals surface area contributed by atoms with Gasteiger partial charge in [-0.25, -0.2) is 0 Å². The Bertz CT molecular complexity index is 652. The molecular formula is C20H28F3N3O2. The molecule has 2 heterocycles. The number of hydrogen-bond acceptors (Lipinski definition) is 4. The lowest BCUT2D eigenvalue weighted by atomic mass is 9.94. The van der Waals surface area contributed by atoms with Gasteiger partial charge in [-0.1, -0.05) is 6.07 Å². The normalized spacial score (nSPS) is 19.9. The maximum atomic E-state index is 12.9. The van der Waals surface area contributed by atoms with E-state index >= 15 is 0 Å². The van der Waals surface area contributed by atoms with Crippen molar-refractivity contribution in [1.82, 2.24) is 9.80 Å². The van der Waals surface area contributed by atoms with Crippen LogP contribution in [0.25, 0.3) is 0 Å². The van der Waals surface area contributed by atoms with E-state index in [1.807, 2.05) is 9.80 Å². The molecule has 0 unspecified atom stereocenters. The summed E-state index contributed by atoms with van der Waals surface area (Å²) in [5, 5.41) is 9.02. The Morgan fingerprint density at radius 2 is 1.75 bits per heavy atom. The fraction of sp³-hybridized carbons (Fsp3) is 0.650. The van der Waals surface area contributed by atoms with E-state index < -0.39 is 11.7 Å². The van der Waals surface area contributed by atoms with Crippen LogP contribution in [0.15, 0.2) is 24.3 Å². The Hall–Kier alpha value is -1.80. The number of amides is 1. The minimum absolute atomic E-state index is 0.0873. The fourth-order valence-electron chi connectivity index (χ4n) is 4.00. The molecule has 0 saturated carbocycles. The molecule has 2 aliphatic heterocycles. The molecular weight excluding hydrogens is 371 g/mol. The second-order valence-corrected chi connectivity index (χ2v) is 7.65. The molecule has 2 fully saturated rings. The first-order valence-electron chi connectivity index (χ1n) is 9.90. The minimum Gasteiger partial charge on any atom is -0.396 e. The number of halogens is 3. The second-order valence-electron chi connectivity index (χ2n) is 7.65. The summed E-state index contributed by atoms with van der Waals surface area (Å²) in [5.74, 6) is 0.636. The number of likely N-dealkylation sites (tertiary alicyclic amines) is 1. The summed E-state index contributed by atoms with van der Waals surface area (Å²) >= 11 is 0. The maximum absolute atomic E-state index is 12.9. The number of anilines is 1. The predicted octanol–water partition coefficient (Wildman–Crippen LogP) is 2.45. The van der Waals surface area contributed by atoms with Gasteiger partial charge < -0.3 is 14.9 Å². The molecule has 0 aliphatic carbocycles. The number of aliphatic hydroxyl groups excluding tert-OH is 1. The van der Waals surface area contributed by atoms with Gasteiger partial charge in [0.2, 0.25) is 5.91 Å². The van der Waals surface area contributed by atoms with Crippen LogP contribution in [0.4, 0.5) is 18.9 Å². The predicted molar refractivity (Wildman–Crippen MR) is 101 cm³/mol. The number of rotatable bonds is 5. The van der Waals surface area contributed by atoms with Gasteiger partial charge >= 0.3 is 6.18 Å². The van der Waals surface area contributed by atoms with Crippen molar-refractivity contribution < 1.29 is 23.1 Å². The Morgan fingerprint density at radius 1 is 1.07 bits per heavy atom. The average molecular weight is 399 g/mol. The van der Waals surface area contributed by atoms with Crippen LogP contribution in [-0.4, -0.2) is 73.2 Å². The van der Waals surface area contributed by atoms with Gasteiger partial charge in [0.1, 0.15) is 0 Å². The number of hydrogen-bond donors (Lipinski definition) is 1. The van der Waals surface area contributed by atoms with Crippen molar-refractivity contribution in [3.63, 3.8) is 0 Å². The molecule has 1 N–H and O–H groups in total. The first kappa shape index (κ1) is 20.9. The quantitative estimate of drug-likeness (QED) is 0.826. The second kappa shape index (κ2) is 9.13. The van der Waals surface area contributed by atoms with Crippen LogP contribution in [0.1, 0.15) is 24.8 Å². The highest BCUT2D eigenvalue weighted by atomic mass is 19.4. The molecule has 1 amide bonds. The zero-order valence-corrected chi connectivity index (χ0v) is 16.0. The summed E-state index contributed by atoms with van der Waals surface area (Å²) in [6, 6.07) is 5.36. The van der Waals surface area contributed by atoms with E-state index in [9.17, 15) is 18.0 Å². The zero-order valence-electron chi connectivity index (χ0n) is 16.0. The Kier molecular flexibility index (Phi) is 6.82. The summed E-state index contributed by atoms with van der Waals surface area (Å²) in [5.41, 5.74) is -0.0963. The van der Waals surface area contributed by atoms with Crippen LogP contribution in [0, 0.1) is 5.92 Å². The summed E-state index contributed by atoms with van der Waals surface area (Å²) in [4.78, 5) is 18.5. The van der Waals surface area contributed by atoms with Crippen molar-refractivity contribution in [3.8, 4) is 0 Å². The van der Waals surface area contributed by atoms with E-state index in [2.05, 4.69) is 4.90 Å². The van der Waals surface area contributed by atoms with Crippen LogP contribution in [0.5, 0.6) is 0 Å². The van der Waals surface area contributed by atoms with Crippen LogP contribution in [0.2, 0.25) is 0 Å². The number of alkyl halides is 3. The molecule has 2 aliphatic rings. The number of carbonyl (C=O) groups excluding carboxylic acids is 1. The summed E-state index contributed by atoms with van der Waals surface area (Å²) in [6.45, 7) is 4.49. The summed E-state index contributed by atoms with van der Waals surface area (Å²) in [6.07, 6.45) is -1.49. The van der Waals surface area contributed by atoms with Crippen molar-refractivity contribution >= 4 is 11.6 Å². The van der Waals surface area contributed by atoms with Gasteiger partial charge in [0, 0.05) is 38.5 Å². The molecule has 1 aromatic carbocycles. The van der Waals surface area contributed by atoms with E-state index in [0.717, 1.165) is 38.4 Å². The number of aliphatic hydroxyl groups is 1. The van der Waals surface area contributed by atoms with Crippen molar-refractivity contribution in [2.45, 2.75) is 25.4 Å². The molecule has 5 nitrogen and oxygen atoms in total. The van der Waals surface area contributed by atoms with Gasteiger partial charge in [-0.15, -0.1) is 0 Å². The molecule has 2 saturated heterocycles. The lowest BCUT2D eigenvalue weighted by molar-refractivity contribution is -0.137. The van der Waals surface area contributed by atoms with E-state index in [0.29, 0.717) is 44.3 Å². The lowest BCUT2D eigenvalue weighted by Gasteiger charge is -2.38. The van der Waals surface area contributed by atoms with Crippen LogP contribution in [0.3, 0.4) is 0 Å². The number of piperazine rings is 1. The third-order valence-electron chi connectivity index (χ3n) is 5.77. The summed E-state index contributed by atoms with van der Waals surface area (Å²) < 4.78 is 38.7. The lowest BCUT2D eigenvalue weighted by Crippen LogP contribution is -2.52. The average Bonchev–Trinajstić information content (AvgIpc) is 2.69. The van der Waals surface area contributed by atoms with Gasteiger partial charge in [-0.2, -0.15) is 13.2 Å². The monoisotopic (exact) mass is 399 g/mol. The van der Waals surface area contributed by atoms with E-state index in [1.165, 1.54) is 12.1 Å². The van der Waals surface area contributed by atoms with Crippen LogP contribution in [-0.2, 0) is 11.0 Å². The van der Waals surface area contributed by atoms with Gasteiger partial charge in [0.15, 0.2) is 0 Å². The smallest absolute Gasteiger partial charge is 0.396 e. The van der Waals surface area contributed by atoms with E-state index in [1.54, 1.807) is 6.07 Å². The molecule has 8 heteroatoms. The first-order chi connectivity index (χ1) is 13.4. The summed E-state index contributed by atoms with van der Waals surface area (Å²) in [7, 11) is 0. The standard InChI is InChI=1S/C20H28F3N3O2/c21-20(22,23)17-2-1-3-18(14-17)25-9-11-26(12-10-25)19(28)15-24-7-4-16(5-8-24)6-13-27/h1-3,14,16,27H,4-13,15H2. The molecule has 0 atom stereocenters. The number of piperidine rings is 1. The number of nitrogens with zero attached hydrogens (tertiary/aromatic N) is 3. The van der Waals surface area contributed by atoms with Crippen LogP contribution < -0.4 is 4.90 Å². The van der Waals surface area contributed by atoms with Crippen molar-refractivity contribution in [2.24, 2.45) is 5.92 Å². The molecule has 3 rings (SSSR count). The molecule has 0 spiro atoms. The Balaban J connectivity index is 1.47. The third kappa shape index (κ3) is 5.38.